The topological polar surface area (TPSA) is 4.93 Å². The normalized spacial score (nSPS) is 16.5. The van der Waals surface area contributed by atoms with Crippen LogP contribution < -0.4 is 0 Å². The minimum atomic E-state index is 1.18. The van der Waals surface area contributed by atoms with Gasteiger partial charge in [0.05, 0.1) is 11.0 Å². The maximum atomic E-state index is 2.39. The van der Waals surface area contributed by atoms with Crippen molar-refractivity contribution in [1.82, 2.24) is 4.57 Å². The third-order valence-corrected chi connectivity index (χ3v) is 8.31. The predicted octanol–water partition coefficient (Wildman–Crippen LogP) is 10.6. The molecule has 6 aromatic rings. The molecule has 0 atom stereocenters. The number of allylic oxidation sites excluding steroid dienone is 5. The van der Waals surface area contributed by atoms with Crippen molar-refractivity contribution in [1.29, 1.82) is 0 Å². The Morgan fingerprint density at radius 1 is 0.500 bits per heavy atom. The van der Waals surface area contributed by atoms with Crippen molar-refractivity contribution >= 4 is 39.0 Å². The smallest absolute Gasteiger partial charge is 0.0541 e. The highest BCUT2D eigenvalue weighted by molar-refractivity contribution is 6.09. The molecule has 40 heavy (non-hydrogen) atoms. The summed E-state index contributed by atoms with van der Waals surface area (Å²) in [7, 11) is 0. The molecule has 0 unspecified atom stereocenters. The molecule has 1 aromatic heterocycles. The van der Waals surface area contributed by atoms with Crippen LogP contribution in [-0.2, 0) is 0 Å². The molecule has 1 aliphatic rings. The summed E-state index contributed by atoms with van der Waals surface area (Å²) in [6, 6.07) is 39.7. The Hall–Kier alpha value is -4.88. The van der Waals surface area contributed by atoms with E-state index in [4.69, 9.17) is 0 Å². The summed E-state index contributed by atoms with van der Waals surface area (Å²) in [6.45, 7) is 6.69. The molecule has 0 spiro atoms. The van der Waals surface area contributed by atoms with Crippen LogP contribution in [0.1, 0.15) is 34.7 Å². The molecule has 5 aromatic carbocycles. The lowest BCUT2D eigenvalue weighted by Gasteiger charge is -2.20. The highest BCUT2D eigenvalue weighted by Crippen LogP contribution is 2.40. The molecule has 1 aliphatic carbocycles. The number of aromatic nitrogens is 1. The summed E-state index contributed by atoms with van der Waals surface area (Å²) in [5.74, 6) is 0. The van der Waals surface area contributed by atoms with E-state index in [1.807, 2.05) is 0 Å². The second kappa shape index (κ2) is 9.70. The quantitative estimate of drug-likeness (QED) is 0.222. The van der Waals surface area contributed by atoms with Crippen molar-refractivity contribution in [2.45, 2.75) is 20.8 Å². The third kappa shape index (κ3) is 3.86. The van der Waals surface area contributed by atoms with E-state index in [2.05, 4.69) is 159 Å². The van der Waals surface area contributed by atoms with E-state index < -0.39 is 0 Å². The lowest BCUT2D eigenvalue weighted by molar-refractivity contribution is 1.18. The number of hydrogen-bond donors (Lipinski definition) is 0. The van der Waals surface area contributed by atoms with Crippen LogP contribution in [0.2, 0.25) is 0 Å². The molecule has 7 rings (SSSR count). The first-order chi connectivity index (χ1) is 19.6. The molecular weight excluding hydrogens is 482 g/mol. The minimum absolute atomic E-state index is 1.18. The fourth-order valence-corrected chi connectivity index (χ4v) is 6.35. The lowest BCUT2D eigenvalue weighted by atomic mass is 9.84. The largest absolute Gasteiger partial charge is 0.309 e. The monoisotopic (exact) mass is 513 g/mol. The number of para-hydroxylation sites is 2. The van der Waals surface area contributed by atoms with Crippen LogP contribution in [0.25, 0.3) is 55.8 Å². The van der Waals surface area contributed by atoms with Crippen molar-refractivity contribution in [3.05, 3.63) is 155 Å². The summed E-state index contributed by atoms with van der Waals surface area (Å²) in [4.78, 5) is 0. The molecule has 0 amide bonds. The minimum Gasteiger partial charge on any atom is -0.309 e. The summed E-state index contributed by atoms with van der Waals surface area (Å²) < 4.78 is 2.39. The first kappa shape index (κ1) is 24.2. The van der Waals surface area contributed by atoms with E-state index in [0.717, 1.165) is 0 Å². The average molecular weight is 514 g/mol. The zero-order chi connectivity index (χ0) is 27.2. The zero-order valence-electron chi connectivity index (χ0n) is 23.1. The standard InChI is InChI=1S/C39H31N/c1-26-13-4-6-16-31(26)39-27(2)14-12-20-36(39)33-17-7-5-15-29-25-30(23-24-32(29)28(33)3)40-37-21-10-8-18-34(37)35-19-9-11-22-38(35)40/h4-25H,1-3H3/b7-5?,15-5-,17-7-,29-15?,32-28?,33-17?,33-28-. The summed E-state index contributed by atoms with van der Waals surface area (Å²) in [5.41, 5.74) is 15.1. The van der Waals surface area contributed by atoms with Crippen LogP contribution in [0.5, 0.6) is 0 Å². The fraction of sp³-hybridized carbons (Fsp3) is 0.0769. The molecule has 1 nitrogen and oxygen atoms in total. The molecule has 1 heteroatoms. The van der Waals surface area contributed by atoms with Gasteiger partial charge in [0.2, 0.25) is 0 Å². The highest BCUT2D eigenvalue weighted by atomic mass is 15.0. The molecule has 0 radical (unpaired) electrons. The SMILES string of the molecule is C\C1=C(c2cccc(C)c2-c2ccccc2C)/C=C\C=C/c2cc(-n3c4ccccc4c4ccccc43)ccc21. The highest BCUT2D eigenvalue weighted by Gasteiger charge is 2.18. The first-order valence-electron chi connectivity index (χ1n) is 14.0. The summed E-state index contributed by atoms with van der Waals surface area (Å²) >= 11 is 0. The molecule has 0 aliphatic heterocycles. The van der Waals surface area contributed by atoms with Gasteiger partial charge in [-0.2, -0.15) is 0 Å². The number of fused-ring (bicyclic) bond motifs is 4. The van der Waals surface area contributed by atoms with Crippen LogP contribution in [0.15, 0.2) is 127 Å². The van der Waals surface area contributed by atoms with Gasteiger partial charge in [-0.3, -0.25) is 0 Å². The average Bonchev–Trinajstić information content (AvgIpc) is 3.31. The van der Waals surface area contributed by atoms with Gasteiger partial charge in [0.25, 0.3) is 0 Å². The molecule has 0 bridgehead atoms. The van der Waals surface area contributed by atoms with Crippen LogP contribution in [-0.4, -0.2) is 4.57 Å². The Morgan fingerprint density at radius 3 is 1.88 bits per heavy atom. The van der Waals surface area contributed by atoms with E-state index in [1.54, 1.807) is 0 Å². The van der Waals surface area contributed by atoms with Gasteiger partial charge in [-0.1, -0.05) is 109 Å². The second-order valence-electron chi connectivity index (χ2n) is 10.7. The van der Waals surface area contributed by atoms with Gasteiger partial charge in [0, 0.05) is 16.5 Å². The molecule has 1 heterocycles. The van der Waals surface area contributed by atoms with Gasteiger partial charge < -0.3 is 4.57 Å². The molecular formula is C39H31N. The Bertz CT molecular complexity index is 1970. The van der Waals surface area contributed by atoms with Gasteiger partial charge >= 0.3 is 0 Å². The molecule has 0 saturated carbocycles. The molecule has 0 fully saturated rings. The van der Waals surface area contributed by atoms with E-state index in [9.17, 15) is 0 Å². The molecule has 0 saturated heterocycles. The van der Waals surface area contributed by atoms with Gasteiger partial charge in [0.1, 0.15) is 0 Å². The van der Waals surface area contributed by atoms with Crippen molar-refractivity contribution in [3.63, 3.8) is 0 Å². The van der Waals surface area contributed by atoms with Crippen molar-refractivity contribution in [3.8, 4) is 16.8 Å². The molecule has 192 valence electrons. The number of aryl methyl sites for hydroxylation is 2. The fourth-order valence-electron chi connectivity index (χ4n) is 6.35. The van der Waals surface area contributed by atoms with Crippen molar-refractivity contribution < 1.29 is 0 Å². The van der Waals surface area contributed by atoms with Crippen molar-refractivity contribution in [2.24, 2.45) is 0 Å². The van der Waals surface area contributed by atoms with Crippen LogP contribution in [0, 0.1) is 13.8 Å². The van der Waals surface area contributed by atoms with Crippen LogP contribution in [0.4, 0.5) is 0 Å². The first-order valence-corrected chi connectivity index (χ1v) is 14.0. The lowest BCUT2D eigenvalue weighted by Crippen LogP contribution is -1.99. The number of nitrogens with zero attached hydrogens (tertiary/aromatic N) is 1. The van der Waals surface area contributed by atoms with Crippen molar-refractivity contribution in [2.75, 3.05) is 0 Å². The zero-order valence-corrected chi connectivity index (χ0v) is 23.1. The van der Waals surface area contributed by atoms with E-state index in [0.29, 0.717) is 0 Å². The second-order valence-corrected chi connectivity index (χ2v) is 10.7. The van der Waals surface area contributed by atoms with E-state index in [1.165, 1.54) is 77.6 Å². The maximum Gasteiger partial charge on any atom is 0.0541 e. The molecule has 0 N–H and O–H groups in total. The Kier molecular flexibility index (Phi) is 5.86. The van der Waals surface area contributed by atoms with Gasteiger partial charge in [-0.25, -0.2) is 0 Å². The van der Waals surface area contributed by atoms with Crippen LogP contribution in [0.3, 0.4) is 0 Å². The van der Waals surface area contributed by atoms with Gasteiger partial charge in [-0.05, 0) is 95.1 Å². The third-order valence-electron chi connectivity index (χ3n) is 8.31. The number of benzene rings is 5. The number of hydrogen-bond acceptors (Lipinski definition) is 0. The van der Waals surface area contributed by atoms with Gasteiger partial charge in [-0.15, -0.1) is 0 Å². The Labute approximate surface area is 236 Å². The van der Waals surface area contributed by atoms with Crippen LogP contribution >= 0.6 is 0 Å². The van der Waals surface area contributed by atoms with E-state index >= 15 is 0 Å². The predicted molar refractivity (Wildman–Crippen MR) is 173 cm³/mol. The summed E-state index contributed by atoms with van der Waals surface area (Å²) in [6.07, 6.45) is 8.86. The Balaban J connectivity index is 1.44. The maximum absolute atomic E-state index is 2.39. The Morgan fingerprint density at radius 2 is 1.12 bits per heavy atom. The number of rotatable bonds is 3. The van der Waals surface area contributed by atoms with E-state index in [-0.39, 0.29) is 0 Å². The van der Waals surface area contributed by atoms with Gasteiger partial charge in [0.15, 0.2) is 0 Å². The summed E-state index contributed by atoms with van der Waals surface area (Å²) in [5, 5.41) is 2.56.